The second-order valence-corrected chi connectivity index (χ2v) is 4.76. The Morgan fingerprint density at radius 2 is 2.19 bits per heavy atom. The summed E-state index contributed by atoms with van der Waals surface area (Å²) in [6.07, 6.45) is 0. The van der Waals surface area contributed by atoms with E-state index in [9.17, 15) is 4.79 Å². The van der Waals surface area contributed by atoms with Crippen molar-refractivity contribution in [2.45, 2.75) is 0 Å². The van der Waals surface area contributed by atoms with Gasteiger partial charge < -0.3 is 9.47 Å². The van der Waals surface area contributed by atoms with Crippen molar-refractivity contribution >= 4 is 43.5 Å². The number of hydrogen-bond acceptors (Lipinski definition) is 5. The molecule has 0 aliphatic rings. The molecule has 0 saturated heterocycles. The highest BCUT2D eigenvalue weighted by Crippen LogP contribution is 2.35. The molecule has 2 aromatic rings. The predicted molar refractivity (Wildman–Crippen MR) is 65.2 cm³/mol. The summed E-state index contributed by atoms with van der Waals surface area (Å²) in [4.78, 5) is 15.7. The Kier molecular flexibility index (Phi) is 3.11. The first-order chi connectivity index (χ1) is 7.67. The average Bonchev–Trinajstić information content (AvgIpc) is 2.73. The summed E-state index contributed by atoms with van der Waals surface area (Å²) in [5.41, 5.74) is 1.04. The summed E-state index contributed by atoms with van der Waals surface area (Å²) in [6, 6.07) is 3.48. The van der Waals surface area contributed by atoms with Crippen molar-refractivity contribution in [3.8, 4) is 5.19 Å². The number of esters is 1. The summed E-state index contributed by atoms with van der Waals surface area (Å²) in [6.45, 7) is 0. The number of carbonyl (C=O) groups excluding carboxylic acids is 1. The van der Waals surface area contributed by atoms with Crippen LogP contribution in [0.2, 0.25) is 0 Å². The average molecular weight is 302 g/mol. The molecule has 2 rings (SSSR count). The lowest BCUT2D eigenvalue weighted by molar-refractivity contribution is 0.0603. The fraction of sp³-hybridized carbons (Fsp3) is 0.200. The highest BCUT2D eigenvalue weighted by atomic mass is 79.9. The molecule has 0 aliphatic carbocycles. The molecular formula is C10H8BrNO3S. The SMILES string of the molecule is COC(=O)c1ccc(Br)c2sc(OC)nc12. The lowest BCUT2D eigenvalue weighted by Gasteiger charge is -2.00. The van der Waals surface area contributed by atoms with Gasteiger partial charge in [0.25, 0.3) is 5.19 Å². The van der Waals surface area contributed by atoms with Crippen LogP contribution in [-0.4, -0.2) is 25.2 Å². The van der Waals surface area contributed by atoms with Gasteiger partial charge in [0, 0.05) is 4.47 Å². The van der Waals surface area contributed by atoms with E-state index in [1.54, 1.807) is 19.2 Å². The van der Waals surface area contributed by atoms with E-state index in [-0.39, 0.29) is 0 Å². The number of hydrogen-bond donors (Lipinski definition) is 0. The zero-order valence-corrected chi connectivity index (χ0v) is 11.0. The Labute approximate surface area is 104 Å². The van der Waals surface area contributed by atoms with Crippen LogP contribution in [0.5, 0.6) is 5.19 Å². The topological polar surface area (TPSA) is 48.4 Å². The summed E-state index contributed by atoms with van der Waals surface area (Å²) in [5, 5.41) is 0.520. The Bertz CT molecular complexity index is 552. The van der Waals surface area contributed by atoms with E-state index < -0.39 is 5.97 Å². The zero-order valence-electron chi connectivity index (χ0n) is 8.61. The van der Waals surface area contributed by atoms with Gasteiger partial charge in [-0.15, -0.1) is 0 Å². The Balaban J connectivity index is 2.72. The van der Waals surface area contributed by atoms with Crippen molar-refractivity contribution < 1.29 is 14.3 Å². The zero-order chi connectivity index (χ0) is 11.7. The van der Waals surface area contributed by atoms with Crippen molar-refractivity contribution in [3.05, 3.63) is 22.2 Å². The molecule has 84 valence electrons. The molecule has 1 heterocycles. The highest BCUT2D eigenvalue weighted by Gasteiger charge is 2.16. The first kappa shape index (κ1) is 11.3. The lowest BCUT2D eigenvalue weighted by atomic mass is 10.2. The number of aromatic nitrogens is 1. The summed E-state index contributed by atoms with van der Waals surface area (Å²) < 4.78 is 11.5. The van der Waals surface area contributed by atoms with Crippen LogP contribution in [0, 0.1) is 0 Å². The van der Waals surface area contributed by atoms with Crippen LogP contribution >= 0.6 is 27.3 Å². The molecule has 0 N–H and O–H groups in total. The molecule has 1 aromatic carbocycles. The van der Waals surface area contributed by atoms with Gasteiger partial charge >= 0.3 is 5.97 Å². The number of rotatable bonds is 2. The molecule has 0 fully saturated rings. The van der Waals surface area contributed by atoms with Crippen LogP contribution in [0.1, 0.15) is 10.4 Å². The summed E-state index contributed by atoms with van der Waals surface area (Å²) >= 11 is 4.79. The third-order valence-corrected chi connectivity index (χ3v) is 4.03. The van der Waals surface area contributed by atoms with Crippen LogP contribution in [0.4, 0.5) is 0 Å². The number of fused-ring (bicyclic) bond motifs is 1. The molecule has 1 aromatic heterocycles. The van der Waals surface area contributed by atoms with Gasteiger partial charge in [0.05, 0.1) is 24.5 Å². The lowest BCUT2D eigenvalue weighted by Crippen LogP contribution is -2.01. The second-order valence-electron chi connectivity index (χ2n) is 2.95. The number of benzene rings is 1. The smallest absolute Gasteiger partial charge is 0.340 e. The van der Waals surface area contributed by atoms with Gasteiger partial charge in [0.15, 0.2) is 0 Å². The van der Waals surface area contributed by atoms with Gasteiger partial charge in [0.1, 0.15) is 5.52 Å². The maximum atomic E-state index is 11.5. The van der Waals surface area contributed by atoms with Gasteiger partial charge in [-0.3, -0.25) is 0 Å². The van der Waals surface area contributed by atoms with Gasteiger partial charge in [0.2, 0.25) is 0 Å². The molecule has 0 amide bonds. The molecule has 0 unspecified atom stereocenters. The van der Waals surface area contributed by atoms with E-state index in [1.807, 2.05) is 0 Å². The van der Waals surface area contributed by atoms with Crippen LogP contribution in [-0.2, 0) is 4.74 Å². The first-order valence-electron chi connectivity index (χ1n) is 4.38. The number of carbonyl (C=O) groups is 1. The summed E-state index contributed by atoms with van der Waals surface area (Å²) in [5.74, 6) is -0.398. The molecule has 0 radical (unpaired) electrons. The monoisotopic (exact) mass is 301 g/mol. The number of nitrogens with zero attached hydrogens (tertiary/aromatic N) is 1. The molecular weight excluding hydrogens is 294 g/mol. The molecule has 4 nitrogen and oxygen atoms in total. The molecule has 0 atom stereocenters. The minimum absolute atomic E-state index is 0.398. The van der Waals surface area contributed by atoms with Gasteiger partial charge in [-0.05, 0) is 28.1 Å². The maximum absolute atomic E-state index is 11.5. The van der Waals surface area contributed by atoms with Crippen molar-refractivity contribution in [3.63, 3.8) is 0 Å². The number of thiazole rings is 1. The van der Waals surface area contributed by atoms with Crippen LogP contribution in [0.3, 0.4) is 0 Å². The third-order valence-electron chi connectivity index (χ3n) is 2.06. The van der Waals surface area contributed by atoms with Crippen molar-refractivity contribution in [2.75, 3.05) is 14.2 Å². The van der Waals surface area contributed by atoms with Gasteiger partial charge in [-0.1, -0.05) is 11.3 Å². The molecule has 0 bridgehead atoms. The van der Waals surface area contributed by atoms with E-state index in [0.29, 0.717) is 16.3 Å². The van der Waals surface area contributed by atoms with Crippen molar-refractivity contribution in [1.29, 1.82) is 0 Å². The summed E-state index contributed by atoms with van der Waals surface area (Å²) in [7, 11) is 2.89. The van der Waals surface area contributed by atoms with E-state index >= 15 is 0 Å². The Morgan fingerprint density at radius 1 is 1.44 bits per heavy atom. The largest absolute Gasteiger partial charge is 0.473 e. The van der Waals surface area contributed by atoms with E-state index in [2.05, 4.69) is 20.9 Å². The second kappa shape index (κ2) is 4.39. The maximum Gasteiger partial charge on any atom is 0.340 e. The number of methoxy groups -OCH3 is 2. The van der Waals surface area contributed by atoms with Crippen molar-refractivity contribution in [2.24, 2.45) is 0 Å². The fourth-order valence-electron chi connectivity index (χ4n) is 1.32. The molecule has 16 heavy (non-hydrogen) atoms. The quantitative estimate of drug-likeness (QED) is 0.800. The van der Waals surface area contributed by atoms with Crippen LogP contribution < -0.4 is 4.74 Å². The van der Waals surface area contributed by atoms with Crippen molar-refractivity contribution in [1.82, 2.24) is 4.98 Å². The van der Waals surface area contributed by atoms with Gasteiger partial charge in [-0.2, -0.15) is 0 Å². The minimum atomic E-state index is -0.398. The Morgan fingerprint density at radius 3 is 2.81 bits per heavy atom. The predicted octanol–water partition coefficient (Wildman–Crippen LogP) is 2.85. The highest BCUT2D eigenvalue weighted by molar-refractivity contribution is 9.10. The van der Waals surface area contributed by atoms with Crippen LogP contribution in [0.15, 0.2) is 16.6 Å². The molecule has 0 saturated carbocycles. The molecule has 6 heteroatoms. The van der Waals surface area contributed by atoms with Gasteiger partial charge in [-0.25, -0.2) is 9.78 Å². The standard InChI is InChI=1S/C10H8BrNO3S/c1-14-9(13)5-3-4-6(11)8-7(5)12-10(15-2)16-8/h3-4H,1-2H3. The fourth-order valence-corrected chi connectivity index (χ4v) is 2.69. The number of ether oxygens (including phenoxy) is 2. The third kappa shape index (κ3) is 1.78. The van der Waals surface area contributed by atoms with Crippen LogP contribution in [0.25, 0.3) is 10.2 Å². The minimum Gasteiger partial charge on any atom is -0.473 e. The van der Waals surface area contributed by atoms with E-state index in [0.717, 1.165) is 9.17 Å². The van der Waals surface area contributed by atoms with E-state index in [4.69, 9.17) is 9.47 Å². The molecule has 0 spiro atoms. The molecule has 0 aliphatic heterocycles. The normalized spacial score (nSPS) is 10.4. The Hall–Kier alpha value is -1.14. The van der Waals surface area contributed by atoms with E-state index in [1.165, 1.54) is 18.4 Å². The number of halogens is 1. The first-order valence-corrected chi connectivity index (χ1v) is 5.99.